The van der Waals surface area contributed by atoms with Gasteiger partial charge in [0.1, 0.15) is 48.8 Å². The topological polar surface area (TPSA) is 167 Å². The molecule has 4 heterocycles. The van der Waals surface area contributed by atoms with E-state index in [1.807, 2.05) is 55.4 Å². The zero-order chi connectivity index (χ0) is 34.8. The second-order valence-electron chi connectivity index (χ2n) is 16.3. The molecule has 0 aromatic heterocycles. The Morgan fingerprint density at radius 3 is 0.540 bits per heavy atom. The summed E-state index contributed by atoms with van der Waals surface area (Å²) in [6, 6.07) is 0. The summed E-state index contributed by atoms with van der Waals surface area (Å²) in [6.45, 7) is 31.5. The summed E-state index contributed by atoms with van der Waals surface area (Å²) in [6.07, 6.45) is 0. The van der Waals surface area contributed by atoms with Crippen LogP contribution in [0.1, 0.15) is 111 Å². The molecule has 0 spiro atoms. The Labute approximate surface area is 345 Å². The van der Waals surface area contributed by atoms with Crippen LogP contribution < -0.4 is 49.6 Å². The molecule has 0 amide bonds. The molecule has 0 bridgehead atoms. The van der Waals surface area contributed by atoms with Gasteiger partial charge < -0.3 is 89.0 Å². The van der Waals surface area contributed by atoms with Crippen molar-refractivity contribution in [2.75, 3.05) is 26.4 Å². The molecule has 0 atom stereocenters. The zero-order valence-corrected chi connectivity index (χ0v) is 37.2. The maximum Gasteiger partial charge on any atom is 2.00 e. The van der Waals surface area contributed by atoms with Gasteiger partial charge in [-0.15, -0.1) is 0 Å². The van der Waals surface area contributed by atoms with E-state index in [-0.39, 0.29) is 105 Å². The third-order valence-corrected chi connectivity index (χ3v) is 5.96. The average Bonchev–Trinajstić information content (AvgIpc) is 3.53. The van der Waals surface area contributed by atoms with Crippen molar-refractivity contribution < 1.29 is 122 Å². The molecule has 4 N–H and O–H groups in total. The van der Waals surface area contributed by atoms with Gasteiger partial charge in [0.25, 0.3) is 0 Å². The number of ether oxygens (including phenoxy) is 4. The Morgan fingerprint density at radius 2 is 0.500 bits per heavy atom. The predicted octanol–water partition coefficient (Wildman–Crippen LogP) is -8.13. The molecule has 304 valence electrons. The van der Waals surface area contributed by atoms with Crippen LogP contribution in [-0.2, 0) is 51.9 Å². The molecule has 0 fully saturated rings. The van der Waals surface area contributed by atoms with Gasteiger partial charge in [-0.05, 0) is 111 Å². The minimum absolute atomic E-state index is 0. The normalized spacial score (nSPS) is 20.1. The fourth-order valence-electron chi connectivity index (χ4n) is 3.59. The fourth-order valence-corrected chi connectivity index (χ4v) is 3.59. The number of aliphatic hydroxyl groups is 4. The third kappa shape index (κ3) is 22.8. The van der Waals surface area contributed by atoms with Crippen LogP contribution in [0.5, 0.6) is 0 Å². The largest absolute Gasteiger partial charge is 2.00 e. The molecule has 4 rings (SSSR count). The van der Waals surface area contributed by atoms with E-state index >= 15 is 0 Å². The Balaban J connectivity index is -0.000000124. The van der Waals surface area contributed by atoms with E-state index in [9.17, 15) is 20.4 Å². The van der Waals surface area contributed by atoms with Crippen LogP contribution in [0.4, 0.5) is 0 Å². The van der Waals surface area contributed by atoms with Gasteiger partial charge in [0.05, 0.1) is 22.2 Å². The van der Waals surface area contributed by atoms with Gasteiger partial charge in [0.15, 0.2) is 0 Å². The monoisotopic (exact) mass is 884 g/mol. The van der Waals surface area contributed by atoms with E-state index in [1.54, 1.807) is 55.4 Å². The van der Waals surface area contributed by atoms with Crippen molar-refractivity contribution in [3.05, 3.63) is 0 Å². The molecule has 0 saturated carbocycles. The number of rotatable bonds is 4. The van der Waals surface area contributed by atoms with Gasteiger partial charge in [-0.25, -0.2) is 20.0 Å². The Morgan fingerprint density at radius 1 is 0.380 bits per heavy atom. The average molecular weight is 888 g/mol. The van der Waals surface area contributed by atoms with Crippen LogP contribution in [0.2, 0.25) is 0 Å². The smallest absolute Gasteiger partial charge is 1.00 e. The molecule has 50 heavy (non-hydrogen) atoms. The van der Waals surface area contributed by atoms with Crippen LogP contribution in [0.25, 0.3) is 0 Å². The predicted molar refractivity (Wildman–Crippen MR) is 175 cm³/mol. The Kier molecular flexibility index (Phi) is 26.8. The van der Waals surface area contributed by atoms with Gasteiger partial charge in [-0.1, -0.05) is 0 Å². The minimum Gasteiger partial charge on any atom is -1.00 e. The number of hydrogen-bond donors (Lipinski definition) is 4. The SMILES string of the molecule is CC1(C)COC(C(C)(C)O)=N1.CC1(C)COC(C(C)(C)O)=N1.CC1(C)COC(C(C)(C)O)=N1.CC1(C)COC(C(C)(C)O)=N1.[Cl-].[Cl-].[Cl-].[Cl-].[Ni+2].[Ni+2]. The molecule has 0 aromatic carbocycles. The molecule has 0 aromatic rings. The Bertz CT molecular complexity index is 963. The zero-order valence-electron chi connectivity index (χ0n) is 32.2. The van der Waals surface area contributed by atoms with Crippen LogP contribution in [0.3, 0.4) is 0 Å². The van der Waals surface area contributed by atoms with Crippen molar-refractivity contribution in [1.82, 2.24) is 0 Å². The molecule has 12 nitrogen and oxygen atoms in total. The first kappa shape index (κ1) is 61.9. The summed E-state index contributed by atoms with van der Waals surface area (Å²) in [4.78, 5) is 16.9. The van der Waals surface area contributed by atoms with Crippen molar-refractivity contribution in [1.29, 1.82) is 0 Å². The minimum atomic E-state index is -0.937. The summed E-state index contributed by atoms with van der Waals surface area (Å²) in [5, 5.41) is 38.0. The second-order valence-corrected chi connectivity index (χ2v) is 16.3. The van der Waals surface area contributed by atoms with E-state index in [0.717, 1.165) is 0 Å². The van der Waals surface area contributed by atoms with Gasteiger partial charge in [-0.3, -0.25) is 0 Å². The Hall–Kier alpha value is -0.133. The van der Waals surface area contributed by atoms with Crippen LogP contribution >= 0.6 is 0 Å². The number of halogens is 4. The van der Waals surface area contributed by atoms with E-state index in [2.05, 4.69) is 20.0 Å². The van der Waals surface area contributed by atoms with E-state index in [0.29, 0.717) is 50.0 Å². The van der Waals surface area contributed by atoms with Crippen molar-refractivity contribution in [3.63, 3.8) is 0 Å². The van der Waals surface area contributed by atoms with Crippen molar-refractivity contribution in [2.45, 2.75) is 155 Å². The van der Waals surface area contributed by atoms with Gasteiger partial charge >= 0.3 is 33.0 Å². The summed E-state index contributed by atoms with van der Waals surface area (Å²) in [5.74, 6) is 1.79. The molecular weight excluding hydrogens is 828 g/mol. The molecule has 0 aliphatic carbocycles. The molecule has 0 radical (unpaired) electrons. The molecule has 18 heteroatoms. The van der Waals surface area contributed by atoms with Gasteiger partial charge in [0, 0.05) is 0 Å². The van der Waals surface area contributed by atoms with E-state index in [1.165, 1.54) is 0 Å². The molecule has 0 saturated heterocycles. The maximum atomic E-state index is 9.49. The molecule has 4 aliphatic rings. The first-order valence-corrected chi connectivity index (χ1v) is 15.1. The van der Waals surface area contributed by atoms with E-state index < -0.39 is 22.4 Å². The molecule has 4 aliphatic heterocycles. The first-order valence-electron chi connectivity index (χ1n) is 15.1. The number of hydrogen-bond acceptors (Lipinski definition) is 12. The number of nitrogens with zero attached hydrogens (tertiary/aromatic N) is 4. The van der Waals surface area contributed by atoms with Crippen molar-refractivity contribution in [2.24, 2.45) is 20.0 Å². The van der Waals surface area contributed by atoms with Crippen LogP contribution in [-0.4, -0.2) is 115 Å². The van der Waals surface area contributed by atoms with Crippen LogP contribution in [0.15, 0.2) is 20.0 Å². The quantitative estimate of drug-likeness (QED) is 0.202. The fraction of sp³-hybridized carbons (Fsp3) is 0.875. The summed E-state index contributed by atoms with van der Waals surface area (Å²) in [7, 11) is 0. The first-order chi connectivity index (χ1) is 19.2. The third-order valence-electron chi connectivity index (χ3n) is 5.96. The molecular formula is C32H60Cl4N4Ni2O8. The standard InChI is InChI=1S/4C8H15NO2.4ClH.2Ni/c4*1-7(2)5-11-6(9-7)8(3,4)10;;;;;;/h4*10H,5H2,1-4H3;4*1H;;/q;;;;;;;;2*+2/p-4. The maximum absolute atomic E-state index is 9.49. The van der Waals surface area contributed by atoms with Gasteiger partial charge in [0.2, 0.25) is 23.6 Å². The van der Waals surface area contributed by atoms with Gasteiger partial charge in [-0.2, -0.15) is 0 Å². The molecule has 0 unspecified atom stereocenters. The second kappa shape index (κ2) is 21.7. The summed E-state index contributed by atoms with van der Waals surface area (Å²) >= 11 is 0. The van der Waals surface area contributed by atoms with E-state index in [4.69, 9.17) is 18.9 Å². The van der Waals surface area contributed by atoms with Crippen molar-refractivity contribution >= 4 is 23.6 Å². The van der Waals surface area contributed by atoms with Crippen molar-refractivity contribution in [3.8, 4) is 0 Å². The van der Waals surface area contributed by atoms with Crippen LogP contribution in [0, 0.1) is 0 Å². The number of aliphatic imine (C=N–C) groups is 4. The summed E-state index contributed by atoms with van der Waals surface area (Å²) < 4.78 is 20.9. The summed E-state index contributed by atoms with van der Waals surface area (Å²) in [5.41, 5.74) is -4.43.